The van der Waals surface area contributed by atoms with E-state index in [1.54, 1.807) is 51.1 Å². The molecule has 0 saturated carbocycles. The van der Waals surface area contributed by atoms with Gasteiger partial charge in [0.25, 0.3) is 0 Å². The van der Waals surface area contributed by atoms with Gasteiger partial charge in [-0.2, -0.15) is 5.26 Å². The molecule has 0 aliphatic carbocycles. The summed E-state index contributed by atoms with van der Waals surface area (Å²) in [7, 11) is 0. The fourth-order valence-corrected chi connectivity index (χ4v) is 2.30. The lowest BCUT2D eigenvalue weighted by Crippen LogP contribution is -2.37. The van der Waals surface area contributed by atoms with Crippen molar-refractivity contribution in [1.82, 2.24) is 0 Å². The minimum atomic E-state index is -1.61. The maximum absolute atomic E-state index is 12.2. The molecule has 0 amide bonds. The Bertz CT molecular complexity index is 597. The number of hydrogen-bond donors (Lipinski definition) is 1. The lowest BCUT2D eigenvalue weighted by Gasteiger charge is -2.28. The number of carbonyl (C=O) groups is 4. The Balaban J connectivity index is 2.85. The number of hydrogen-bond acceptors (Lipinski definition) is 6. The second kappa shape index (κ2) is 7.78. The van der Waals surface area contributed by atoms with E-state index in [1.165, 1.54) is 0 Å². The molecular weight excluding hydrogens is 300 g/mol. The molecule has 6 nitrogen and oxygen atoms in total. The quantitative estimate of drug-likeness (QED) is 0.272. The van der Waals surface area contributed by atoms with E-state index in [0.717, 1.165) is 0 Å². The zero-order valence-corrected chi connectivity index (χ0v) is 13.4. The highest BCUT2D eigenvalue weighted by atomic mass is 17.1. The van der Waals surface area contributed by atoms with Crippen LogP contribution in [0.2, 0.25) is 0 Å². The molecule has 0 aliphatic rings. The summed E-state index contributed by atoms with van der Waals surface area (Å²) in [5.74, 6) is -4.97. The van der Waals surface area contributed by atoms with Gasteiger partial charge in [0.1, 0.15) is 0 Å². The second-order valence-electron chi connectivity index (χ2n) is 6.32. The molecule has 6 heteroatoms. The molecule has 1 aromatic carbocycles. The Morgan fingerprint density at radius 2 is 1.65 bits per heavy atom. The van der Waals surface area contributed by atoms with Crippen LogP contribution in [0, 0.1) is 11.3 Å². The zero-order chi connectivity index (χ0) is 17.6. The van der Waals surface area contributed by atoms with Gasteiger partial charge in [-0.25, -0.2) is 4.79 Å². The van der Waals surface area contributed by atoms with Gasteiger partial charge >= 0.3 is 11.8 Å². The lowest BCUT2D eigenvalue weighted by molar-refractivity contribution is -0.232. The molecule has 1 atom stereocenters. The summed E-state index contributed by atoms with van der Waals surface area (Å²) in [6.45, 7) is 5.21. The van der Waals surface area contributed by atoms with Gasteiger partial charge in [-0.3, -0.25) is 19.3 Å². The molecular formula is C17H20O6. The van der Waals surface area contributed by atoms with Crippen LogP contribution in [0.3, 0.4) is 0 Å². The first-order chi connectivity index (χ1) is 10.7. The van der Waals surface area contributed by atoms with Crippen molar-refractivity contribution < 1.29 is 29.3 Å². The first-order valence-electron chi connectivity index (χ1n) is 7.20. The Morgan fingerprint density at radius 1 is 1.09 bits per heavy atom. The molecule has 1 unspecified atom stereocenters. The van der Waals surface area contributed by atoms with Crippen molar-refractivity contribution in [3.63, 3.8) is 0 Å². The van der Waals surface area contributed by atoms with Crippen LogP contribution in [-0.2, 0) is 19.3 Å². The first kappa shape index (κ1) is 18.7. The zero-order valence-electron chi connectivity index (χ0n) is 13.4. The van der Waals surface area contributed by atoms with Gasteiger partial charge < -0.3 is 0 Å². The van der Waals surface area contributed by atoms with Crippen molar-refractivity contribution in [3.05, 3.63) is 35.9 Å². The van der Waals surface area contributed by atoms with Crippen LogP contribution in [0.15, 0.2) is 30.3 Å². The molecule has 0 radical (unpaired) electrons. The maximum Gasteiger partial charge on any atom is 0.416 e. The van der Waals surface area contributed by atoms with Crippen LogP contribution in [0.25, 0.3) is 0 Å². The molecule has 0 aromatic heterocycles. The molecule has 0 bridgehead atoms. The summed E-state index contributed by atoms with van der Waals surface area (Å²) >= 11 is 0. The summed E-state index contributed by atoms with van der Waals surface area (Å²) in [5, 5.41) is 8.23. The third-order valence-corrected chi connectivity index (χ3v) is 3.61. The van der Waals surface area contributed by atoms with Crippen LogP contribution >= 0.6 is 0 Å². The summed E-state index contributed by atoms with van der Waals surface area (Å²) in [4.78, 5) is 50.3. The SMILES string of the molecule is CC(C)(C)C(CCC(=O)c1ccccc1)C(=O)C(=O)C(=O)OO. The van der Waals surface area contributed by atoms with E-state index in [0.29, 0.717) is 5.56 Å². The van der Waals surface area contributed by atoms with E-state index < -0.39 is 28.9 Å². The van der Waals surface area contributed by atoms with Crippen LogP contribution in [-0.4, -0.2) is 28.6 Å². The fourth-order valence-electron chi connectivity index (χ4n) is 2.30. The van der Waals surface area contributed by atoms with E-state index in [1.807, 2.05) is 0 Å². The van der Waals surface area contributed by atoms with Crippen molar-refractivity contribution in [2.24, 2.45) is 11.3 Å². The topological polar surface area (TPSA) is 97.7 Å². The van der Waals surface area contributed by atoms with E-state index >= 15 is 0 Å². The lowest BCUT2D eigenvalue weighted by atomic mass is 9.74. The van der Waals surface area contributed by atoms with E-state index in [2.05, 4.69) is 4.89 Å². The van der Waals surface area contributed by atoms with Crippen molar-refractivity contribution in [1.29, 1.82) is 0 Å². The van der Waals surface area contributed by atoms with E-state index in [-0.39, 0.29) is 18.6 Å². The number of benzene rings is 1. The van der Waals surface area contributed by atoms with Gasteiger partial charge in [-0.15, -0.1) is 0 Å². The van der Waals surface area contributed by atoms with Gasteiger partial charge in [0.2, 0.25) is 5.78 Å². The summed E-state index contributed by atoms with van der Waals surface area (Å²) in [6, 6.07) is 8.60. The largest absolute Gasteiger partial charge is 0.416 e. The molecule has 0 fully saturated rings. The molecule has 0 spiro atoms. The molecule has 1 rings (SSSR count). The highest BCUT2D eigenvalue weighted by Gasteiger charge is 2.38. The van der Waals surface area contributed by atoms with Crippen LogP contribution < -0.4 is 0 Å². The Labute approximate surface area is 134 Å². The summed E-state index contributed by atoms with van der Waals surface area (Å²) in [6.07, 6.45) is 0.194. The third-order valence-electron chi connectivity index (χ3n) is 3.61. The molecule has 0 saturated heterocycles. The van der Waals surface area contributed by atoms with E-state index in [4.69, 9.17) is 5.26 Å². The molecule has 0 aliphatic heterocycles. The monoisotopic (exact) mass is 320 g/mol. The van der Waals surface area contributed by atoms with Gasteiger partial charge in [-0.05, 0) is 11.8 Å². The van der Waals surface area contributed by atoms with Gasteiger partial charge in [0, 0.05) is 17.9 Å². The average molecular weight is 320 g/mol. The van der Waals surface area contributed by atoms with Crippen LogP contribution in [0.1, 0.15) is 44.0 Å². The molecule has 23 heavy (non-hydrogen) atoms. The fraction of sp³-hybridized carbons (Fsp3) is 0.412. The summed E-state index contributed by atoms with van der Waals surface area (Å²) in [5.41, 5.74) is -0.104. The Hall–Kier alpha value is -2.34. The van der Waals surface area contributed by atoms with Gasteiger partial charge in [0.15, 0.2) is 5.78 Å². The third kappa shape index (κ3) is 5.10. The van der Waals surface area contributed by atoms with Gasteiger partial charge in [0.05, 0.1) is 0 Å². The smallest absolute Gasteiger partial charge is 0.294 e. The Kier molecular flexibility index (Phi) is 6.33. The minimum Gasteiger partial charge on any atom is -0.294 e. The van der Waals surface area contributed by atoms with Crippen LogP contribution in [0.5, 0.6) is 0 Å². The average Bonchev–Trinajstić information content (AvgIpc) is 2.52. The highest BCUT2D eigenvalue weighted by molar-refractivity contribution is 6.62. The van der Waals surface area contributed by atoms with Crippen LogP contribution in [0.4, 0.5) is 0 Å². The van der Waals surface area contributed by atoms with Crippen molar-refractivity contribution in [2.75, 3.05) is 0 Å². The standard InChI is InChI=1S/C17H20O6/c1-17(2,3)12(14(19)15(20)16(21)23-22)9-10-13(18)11-7-5-4-6-8-11/h4-8,12,22H,9-10H2,1-3H3. The summed E-state index contributed by atoms with van der Waals surface area (Å²) < 4.78 is 0. The van der Waals surface area contributed by atoms with Gasteiger partial charge in [-0.1, -0.05) is 51.1 Å². The molecule has 1 aromatic rings. The minimum absolute atomic E-state index is 0.0686. The molecule has 1 N–H and O–H groups in total. The number of ketones is 3. The first-order valence-corrected chi connectivity index (χ1v) is 7.20. The number of Topliss-reactive ketones (excluding diaryl/α,β-unsaturated/α-hetero) is 3. The Morgan fingerprint density at radius 3 is 2.13 bits per heavy atom. The van der Waals surface area contributed by atoms with Crippen molar-refractivity contribution >= 4 is 23.3 Å². The maximum atomic E-state index is 12.2. The number of rotatable bonds is 7. The predicted octanol–water partition coefficient (Wildman–Crippen LogP) is 2.47. The predicted molar refractivity (Wildman–Crippen MR) is 81.7 cm³/mol. The van der Waals surface area contributed by atoms with E-state index in [9.17, 15) is 19.2 Å². The van der Waals surface area contributed by atoms with Crippen molar-refractivity contribution in [2.45, 2.75) is 33.6 Å². The normalized spacial score (nSPS) is 12.3. The van der Waals surface area contributed by atoms with Crippen molar-refractivity contribution in [3.8, 4) is 0 Å². The number of carbonyl (C=O) groups excluding carboxylic acids is 4. The highest BCUT2D eigenvalue weighted by Crippen LogP contribution is 2.31. The molecule has 124 valence electrons. The molecule has 0 heterocycles. The second-order valence-corrected chi connectivity index (χ2v) is 6.32.